The van der Waals surface area contributed by atoms with Gasteiger partial charge in [0.05, 0.1) is 0 Å². The summed E-state index contributed by atoms with van der Waals surface area (Å²) >= 11 is 0. The molecule has 0 aliphatic heterocycles. The second-order valence-corrected chi connectivity index (χ2v) is 4.35. The van der Waals surface area contributed by atoms with Crippen LogP contribution in [0.5, 0.6) is 0 Å². The maximum Gasteiger partial charge on any atom is -0.00126 e. The van der Waals surface area contributed by atoms with Crippen LogP contribution in [0.25, 0.3) is 0 Å². The van der Waals surface area contributed by atoms with E-state index in [1.165, 1.54) is 31.2 Å². The van der Waals surface area contributed by atoms with E-state index in [4.69, 9.17) is 0 Å². The van der Waals surface area contributed by atoms with Crippen LogP contribution in [-0.2, 0) is 5.41 Å². The summed E-state index contributed by atoms with van der Waals surface area (Å²) in [5, 5.41) is 0. The largest absolute Gasteiger partial charge is 0.103 e. The zero-order chi connectivity index (χ0) is 9.86. The smallest absolute Gasteiger partial charge is 0.00126 e. The van der Waals surface area contributed by atoms with Gasteiger partial charge in [-0.1, -0.05) is 49.2 Å². The first-order valence-corrected chi connectivity index (χ1v) is 5.54. The van der Waals surface area contributed by atoms with E-state index >= 15 is 0 Å². The molecule has 0 aromatic heterocycles. The van der Waals surface area contributed by atoms with Crippen LogP contribution in [0.15, 0.2) is 43.0 Å². The van der Waals surface area contributed by atoms with Gasteiger partial charge in [-0.15, -0.1) is 6.58 Å². The van der Waals surface area contributed by atoms with E-state index < -0.39 is 0 Å². The topological polar surface area (TPSA) is 0 Å². The summed E-state index contributed by atoms with van der Waals surface area (Å²) in [6.45, 7) is 3.89. The number of rotatable bonds is 3. The summed E-state index contributed by atoms with van der Waals surface area (Å²) in [5.74, 6) is 0. The maximum atomic E-state index is 3.89. The van der Waals surface area contributed by atoms with Gasteiger partial charge in [-0.2, -0.15) is 0 Å². The van der Waals surface area contributed by atoms with Crippen molar-refractivity contribution in [1.29, 1.82) is 0 Å². The van der Waals surface area contributed by atoms with Gasteiger partial charge >= 0.3 is 0 Å². The highest BCUT2D eigenvalue weighted by Crippen LogP contribution is 2.43. The van der Waals surface area contributed by atoms with Crippen molar-refractivity contribution in [3.8, 4) is 0 Å². The summed E-state index contributed by atoms with van der Waals surface area (Å²) in [7, 11) is 0. The molecule has 0 radical (unpaired) electrons. The van der Waals surface area contributed by atoms with Crippen LogP contribution in [0.1, 0.15) is 37.7 Å². The molecular formula is C14H18. The Kier molecular flexibility index (Phi) is 2.72. The van der Waals surface area contributed by atoms with Crippen molar-refractivity contribution < 1.29 is 0 Å². The van der Waals surface area contributed by atoms with Crippen molar-refractivity contribution in [2.45, 2.75) is 37.5 Å². The maximum absolute atomic E-state index is 3.89. The molecule has 1 saturated carbocycles. The standard InChI is InChI=1S/C14H18/c1-2-10-14(11-6-7-12-14)13-8-4-3-5-9-13/h2-5,8-9H,1,6-7,10-12H2. The van der Waals surface area contributed by atoms with Crippen LogP contribution in [-0.4, -0.2) is 0 Å². The van der Waals surface area contributed by atoms with Gasteiger partial charge in [0.2, 0.25) is 0 Å². The minimum atomic E-state index is 0.420. The molecular weight excluding hydrogens is 168 g/mol. The summed E-state index contributed by atoms with van der Waals surface area (Å²) in [4.78, 5) is 0. The van der Waals surface area contributed by atoms with Crippen LogP contribution >= 0.6 is 0 Å². The first kappa shape index (κ1) is 9.51. The van der Waals surface area contributed by atoms with Gasteiger partial charge in [-0.05, 0) is 30.2 Å². The van der Waals surface area contributed by atoms with Crippen molar-refractivity contribution in [2.24, 2.45) is 0 Å². The molecule has 0 N–H and O–H groups in total. The predicted octanol–water partition coefficient (Wildman–Crippen LogP) is 4.07. The molecule has 0 saturated heterocycles. The fourth-order valence-electron chi connectivity index (χ4n) is 2.73. The Bertz CT molecular complexity index is 291. The second kappa shape index (κ2) is 4.00. The van der Waals surface area contributed by atoms with Gasteiger partial charge in [0.25, 0.3) is 0 Å². The van der Waals surface area contributed by atoms with E-state index in [9.17, 15) is 0 Å². The molecule has 0 nitrogen and oxygen atoms in total. The summed E-state index contributed by atoms with van der Waals surface area (Å²) in [6, 6.07) is 10.9. The first-order valence-electron chi connectivity index (χ1n) is 5.54. The van der Waals surface area contributed by atoms with E-state index in [0.29, 0.717) is 5.41 Å². The quantitative estimate of drug-likeness (QED) is 0.624. The van der Waals surface area contributed by atoms with Crippen molar-refractivity contribution in [1.82, 2.24) is 0 Å². The number of hydrogen-bond donors (Lipinski definition) is 0. The lowest BCUT2D eigenvalue weighted by Gasteiger charge is -2.28. The normalized spacial score (nSPS) is 19.4. The molecule has 0 heteroatoms. The van der Waals surface area contributed by atoms with Crippen LogP contribution in [0.2, 0.25) is 0 Å². The predicted molar refractivity (Wildman–Crippen MR) is 61.4 cm³/mol. The van der Waals surface area contributed by atoms with E-state index in [2.05, 4.69) is 43.0 Å². The van der Waals surface area contributed by atoms with Gasteiger partial charge in [0, 0.05) is 0 Å². The number of allylic oxidation sites excluding steroid dienone is 1. The first-order chi connectivity index (χ1) is 6.87. The molecule has 0 unspecified atom stereocenters. The zero-order valence-corrected chi connectivity index (χ0v) is 8.71. The highest BCUT2D eigenvalue weighted by molar-refractivity contribution is 5.27. The van der Waals surface area contributed by atoms with Gasteiger partial charge in [0.1, 0.15) is 0 Å². The molecule has 1 aliphatic rings. The van der Waals surface area contributed by atoms with Crippen molar-refractivity contribution in [2.75, 3.05) is 0 Å². The van der Waals surface area contributed by atoms with E-state index in [0.717, 1.165) is 6.42 Å². The number of hydrogen-bond acceptors (Lipinski definition) is 0. The Balaban J connectivity index is 2.31. The molecule has 1 aliphatic carbocycles. The van der Waals surface area contributed by atoms with Gasteiger partial charge < -0.3 is 0 Å². The lowest BCUT2D eigenvalue weighted by atomic mass is 9.76. The van der Waals surface area contributed by atoms with Gasteiger partial charge in [-0.3, -0.25) is 0 Å². The highest BCUT2D eigenvalue weighted by Gasteiger charge is 2.33. The molecule has 0 heterocycles. The number of benzene rings is 1. The van der Waals surface area contributed by atoms with Crippen molar-refractivity contribution >= 4 is 0 Å². The lowest BCUT2D eigenvalue weighted by Crippen LogP contribution is -2.20. The Morgan fingerprint density at radius 3 is 2.36 bits per heavy atom. The van der Waals surface area contributed by atoms with Crippen LogP contribution in [0.4, 0.5) is 0 Å². The van der Waals surface area contributed by atoms with Gasteiger partial charge in [0.15, 0.2) is 0 Å². The molecule has 1 fully saturated rings. The monoisotopic (exact) mass is 186 g/mol. The third-order valence-corrected chi connectivity index (χ3v) is 3.48. The molecule has 0 atom stereocenters. The minimum absolute atomic E-state index is 0.420. The average Bonchev–Trinajstić information content (AvgIpc) is 2.70. The fraction of sp³-hybridized carbons (Fsp3) is 0.429. The molecule has 0 amide bonds. The molecule has 0 spiro atoms. The Morgan fingerprint density at radius 2 is 1.79 bits per heavy atom. The molecule has 1 aromatic carbocycles. The molecule has 2 rings (SSSR count). The van der Waals surface area contributed by atoms with Crippen molar-refractivity contribution in [3.05, 3.63) is 48.6 Å². The molecule has 1 aromatic rings. The Morgan fingerprint density at radius 1 is 1.14 bits per heavy atom. The van der Waals surface area contributed by atoms with E-state index in [1.807, 2.05) is 0 Å². The highest BCUT2D eigenvalue weighted by atomic mass is 14.4. The lowest BCUT2D eigenvalue weighted by molar-refractivity contribution is 0.447. The Hall–Kier alpha value is -1.04. The zero-order valence-electron chi connectivity index (χ0n) is 8.71. The summed E-state index contributed by atoms with van der Waals surface area (Å²) < 4.78 is 0. The van der Waals surface area contributed by atoms with E-state index in [1.54, 1.807) is 0 Å². The average molecular weight is 186 g/mol. The third-order valence-electron chi connectivity index (χ3n) is 3.48. The minimum Gasteiger partial charge on any atom is -0.103 e. The van der Waals surface area contributed by atoms with E-state index in [-0.39, 0.29) is 0 Å². The summed E-state index contributed by atoms with van der Waals surface area (Å²) in [6.07, 6.45) is 8.65. The molecule has 74 valence electrons. The van der Waals surface area contributed by atoms with Crippen LogP contribution < -0.4 is 0 Å². The molecule has 0 bridgehead atoms. The third kappa shape index (κ3) is 1.61. The van der Waals surface area contributed by atoms with Crippen LogP contribution in [0, 0.1) is 0 Å². The SMILES string of the molecule is C=CCC1(c2ccccc2)CCCC1. The Labute approximate surface area is 86.7 Å². The summed E-state index contributed by atoms with van der Waals surface area (Å²) in [5.41, 5.74) is 1.93. The molecule has 14 heavy (non-hydrogen) atoms. The fourth-order valence-corrected chi connectivity index (χ4v) is 2.73. The van der Waals surface area contributed by atoms with Crippen molar-refractivity contribution in [3.63, 3.8) is 0 Å². The van der Waals surface area contributed by atoms with Crippen LogP contribution in [0.3, 0.4) is 0 Å². The van der Waals surface area contributed by atoms with Gasteiger partial charge in [-0.25, -0.2) is 0 Å². The second-order valence-electron chi connectivity index (χ2n) is 4.35.